The third kappa shape index (κ3) is 4.36. The maximum atomic E-state index is 13.2. The van der Waals surface area contributed by atoms with Crippen LogP contribution in [0.15, 0.2) is 60.8 Å². The number of halogens is 1. The lowest BCUT2D eigenvalue weighted by molar-refractivity contribution is 0.0627. The Morgan fingerprint density at radius 3 is 2.48 bits per heavy atom. The van der Waals surface area contributed by atoms with Gasteiger partial charge in [0.05, 0.1) is 23.1 Å². The molecule has 5 nitrogen and oxygen atoms in total. The van der Waals surface area contributed by atoms with E-state index in [-0.39, 0.29) is 5.91 Å². The monoisotopic (exact) mass is 408 g/mol. The third-order valence-corrected chi connectivity index (χ3v) is 5.63. The summed E-state index contributed by atoms with van der Waals surface area (Å²) in [6.07, 6.45) is 2.42. The molecule has 3 aromatic rings. The van der Waals surface area contributed by atoms with E-state index in [4.69, 9.17) is 11.6 Å². The summed E-state index contributed by atoms with van der Waals surface area (Å²) < 4.78 is 1.82. The van der Waals surface area contributed by atoms with Gasteiger partial charge in [-0.25, -0.2) is 4.68 Å². The number of aromatic nitrogens is 2. The molecule has 1 fully saturated rings. The highest BCUT2D eigenvalue weighted by Gasteiger charge is 2.26. The van der Waals surface area contributed by atoms with E-state index in [9.17, 15) is 4.79 Å². The van der Waals surface area contributed by atoms with Crippen LogP contribution >= 0.6 is 11.6 Å². The molecule has 0 atom stereocenters. The summed E-state index contributed by atoms with van der Waals surface area (Å²) in [5, 5.41) is 5.14. The van der Waals surface area contributed by atoms with Gasteiger partial charge in [0.15, 0.2) is 0 Å². The summed E-state index contributed by atoms with van der Waals surface area (Å²) in [4.78, 5) is 17.5. The number of carbonyl (C=O) groups excluding carboxylic acids is 1. The number of hydrogen-bond donors (Lipinski definition) is 0. The molecule has 2 heterocycles. The van der Waals surface area contributed by atoms with Crippen molar-refractivity contribution in [3.05, 3.63) is 82.6 Å². The molecule has 1 aliphatic rings. The predicted octanol–water partition coefficient (Wildman–Crippen LogP) is 4.05. The molecule has 0 spiro atoms. The molecule has 0 N–H and O–H groups in total. The molecule has 1 amide bonds. The molecule has 0 saturated carbocycles. The van der Waals surface area contributed by atoms with Crippen LogP contribution in [0, 0.1) is 0 Å². The van der Waals surface area contributed by atoms with Gasteiger partial charge in [0.1, 0.15) is 0 Å². The van der Waals surface area contributed by atoms with Gasteiger partial charge in [0.2, 0.25) is 0 Å². The molecule has 0 aliphatic carbocycles. The minimum Gasteiger partial charge on any atom is -0.336 e. The minimum atomic E-state index is 0.0643. The van der Waals surface area contributed by atoms with Gasteiger partial charge in [-0.1, -0.05) is 54.9 Å². The fourth-order valence-electron chi connectivity index (χ4n) is 3.84. The maximum absolute atomic E-state index is 13.2. The van der Waals surface area contributed by atoms with Crippen LogP contribution in [-0.4, -0.2) is 51.7 Å². The second-order valence-corrected chi connectivity index (χ2v) is 7.74. The number of amides is 1. The Morgan fingerprint density at radius 2 is 1.79 bits per heavy atom. The van der Waals surface area contributed by atoms with E-state index in [0.717, 1.165) is 50.5 Å². The average Bonchev–Trinajstić information content (AvgIpc) is 3.19. The van der Waals surface area contributed by atoms with Crippen LogP contribution in [0.5, 0.6) is 0 Å². The number of hydrogen-bond acceptors (Lipinski definition) is 3. The molecule has 0 radical (unpaired) electrons. The predicted molar refractivity (Wildman–Crippen MR) is 116 cm³/mol. The maximum Gasteiger partial charge on any atom is 0.257 e. The van der Waals surface area contributed by atoms with Crippen molar-refractivity contribution in [2.24, 2.45) is 0 Å². The quantitative estimate of drug-likeness (QED) is 0.639. The van der Waals surface area contributed by atoms with Crippen LogP contribution in [0.4, 0.5) is 0 Å². The summed E-state index contributed by atoms with van der Waals surface area (Å²) in [6.45, 7) is 6.20. The second-order valence-electron chi connectivity index (χ2n) is 7.30. The number of nitrogens with zero attached hydrogens (tertiary/aromatic N) is 4. The smallest absolute Gasteiger partial charge is 0.257 e. The fourth-order valence-corrected chi connectivity index (χ4v) is 4.03. The topological polar surface area (TPSA) is 41.4 Å². The Labute approximate surface area is 176 Å². The van der Waals surface area contributed by atoms with Crippen molar-refractivity contribution in [1.82, 2.24) is 19.6 Å². The first-order chi connectivity index (χ1) is 14.2. The Morgan fingerprint density at radius 1 is 1.03 bits per heavy atom. The fraction of sp³-hybridized carbons (Fsp3) is 0.304. The van der Waals surface area contributed by atoms with Gasteiger partial charge in [0, 0.05) is 37.7 Å². The molecule has 1 aliphatic heterocycles. The first-order valence-corrected chi connectivity index (χ1v) is 10.4. The lowest BCUT2D eigenvalue weighted by Gasteiger charge is -2.34. The molecule has 29 heavy (non-hydrogen) atoms. The zero-order valence-corrected chi connectivity index (χ0v) is 17.3. The van der Waals surface area contributed by atoms with Crippen LogP contribution in [0.2, 0.25) is 5.02 Å². The van der Waals surface area contributed by atoms with E-state index in [1.54, 1.807) is 6.20 Å². The van der Waals surface area contributed by atoms with Gasteiger partial charge in [-0.15, -0.1) is 0 Å². The van der Waals surface area contributed by atoms with E-state index in [2.05, 4.69) is 34.3 Å². The molecule has 150 valence electrons. The highest BCUT2D eigenvalue weighted by Crippen LogP contribution is 2.21. The van der Waals surface area contributed by atoms with Crippen molar-refractivity contribution >= 4 is 17.5 Å². The molecule has 0 bridgehead atoms. The normalized spacial score (nSPS) is 14.9. The van der Waals surface area contributed by atoms with E-state index >= 15 is 0 Å². The van der Waals surface area contributed by atoms with Crippen LogP contribution in [-0.2, 0) is 13.0 Å². The first-order valence-electron chi connectivity index (χ1n) is 10.0. The lowest BCUT2D eigenvalue weighted by Crippen LogP contribution is -2.48. The molecule has 6 heteroatoms. The first kappa shape index (κ1) is 19.7. The van der Waals surface area contributed by atoms with Crippen molar-refractivity contribution in [3.8, 4) is 5.69 Å². The molecule has 2 aromatic carbocycles. The molecule has 0 unspecified atom stereocenters. The van der Waals surface area contributed by atoms with Crippen molar-refractivity contribution in [2.45, 2.75) is 19.9 Å². The van der Waals surface area contributed by atoms with Gasteiger partial charge in [0.25, 0.3) is 5.91 Å². The minimum absolute atomic E-state index is 0.0643. The van der Waals surface area contributed by atoms with Gasteiger partial charge in [-0.05, 0) is 30.2 Å². The lowest BCUT2D eigenvalue weighted by atomic mass is 10.1. The Balaban J connectivity index is 1.45. The number of benzene rings is 2. The van der Waals surface area contributed by atoms with Gasteiger partial charge >= 0.3 is 0 Å². The number of piperazine rings is 1. The van der Waals surface area contributed by atoms with Crippen molar-refractivity contribution in [1.29, 1.82) is 0 Å². The van der Waals surface area contributed by atoms with E-state index in [1.165, 1.54) is 5.56 Å². The molecule has 1 aromatic heterocycles. The SMILES string of the molecule is CCc1c(C(=O)N2CCN(Cc3ccccc3)CC2)cnn1-c1cccc(Cl)c1. The largest absolute Gasteiger partial charge is 0.336 e. The van der Waals surface area contributed by atoms with Crippen molar-refractivity contribution in [3.63, 3.8) is 0 Å². The van der Waals surface area contributed by atoms with Gasteiger partial charge in [-0.2, -0.15) is 5.10 Å². The zero-order valence-electron chi connectivity index (χ0n) is 16.6. The van der Waals surface area contributed by atoms with Crippen LogP contribution in [0.3, 0.4) is 0 Å². The van der Waals surface area contributed by atoms with E-state index < -0.39 is 0 Å². The Kier molecular flexibility index (Phi) is 5.97. The summed E-state index contributed by atoms with van der Waals surface area (Å²) in [5.41, 5.74) is 3.79. The Bertz CT molecular complexity index is 978. The van der Waals surface area contributed by atoms with Crippen LogP contribution in [0.1, 0.15) is 28.5 Å². The van der Waals surface area contributed by atoms with Crippen LogP contribution < -0.4 is 0 Å². The van der Waals surface area contributed by atoms with Crippen molar-refractivity contribution < 1.29 is 4.79 Å². The molecule has 1 saturated heterocycles. The van der Waals surface area contributed by atoms with E-state index in [0.29, 0.717) is 10.6 Å². The third-order valence-electron chi connectivity index (χ3n) is 5.40. The summed E-state index contributed by atoms with van der Waals surface area (Å²) >= 11 is 6.13. The zero-order chi connectivity index (χ0) is 20.2. The van der Waals surface area contributed by atoms with E-state index in [1.807, 2.05) is 46.8 Å². The summed E-state index contributed by atoms with van der Waals surface area (Å²) in [6, 6.07) is 18.0. The highest BCUT2D eigenvalue weighted by molar-refractivity contribution is 6.30. The molecular formula is C23H25ClN4O. The van der Waals surface area contributed by atoms with Gasteiger partial charge in [-0.3, -0.25) is 9.69 Å². The number of rotatable bonds is 5. The average molecular weight is 409 g/mol. The van der Waals surface area contributed by atoms with Gasteiger partial charge < -0.3 is 4.90 Å². The second kappa shape index (κ2) is 8.80. The standard InChI is InChI=1S/C23H25ClN4O/c1-2-22-21(16-25-28(22)20-10-6-9-19(24)15-20)23(29)27-13-11-26(12-14-27)17-18-7-4-3-5-8-18/h3-10,15-16H,2,11-14,17H2,1H3. The molecule has 4 rings (SSSR count). The highest BCUT2D eigenvalue weighted by atomic mass is 35.5. The summed E-state index contributed by atoms with van der Waals surface area (Å²) in [5.74, 6) is 0.0643. The molecular weight excluding hydrogens is 384 g/mol. The van der Waals surface area contributed by atoms with Crippen molar-refractivity contribution in [2.75, 3.05) is 26.2 Å². The summed E-state index contributed by atoms with van der Waals surface area (Å²) in [7, 11) is 0. The Hall–Kier alpha value is -2.63. The van der Waals surface area contributed by atoms with Crippen LogP contribution in [0.25, 0.3) is 5.69 Å². The number of carbonyl (C=O) groups is 1.